The van der Waals surface area contributed by atoms with Crippen LogP contribution in [0.1, 0.15) is 5.56 Å². The van der Waals surface area contributed by atoms with E-state index in [0.29, 0.717) is 15.7 Å². The Bertz CT molecular complexity index is 1370. The second-order valence-electron chi connectivity index (χ2n) is 6.86. The van der Waals surface area contributed by atoms with Crippen LogP contribution in [0.3, 0.4) is 0 Å². The summed E-state index contributed by atoms with van der Waals surface area (Å²) in [5.74, 6) is 0.00642. The fourth-order valence-electron chi connectivity index (χ4n) is 3.14. The van der Waals surface area contributed by atoms with Crippen LogP contribution in [0.2, 0.25) is 0 Å². The maximum atomic E-state index is 12.9. The van der Waals surface area contributed by atoms with Gasteiger partial charge < -0.3 is 5.11 Å². The van der Waals surface area contributed by atoms with Crippen molar-refractivity contribution in [2.24, 2.45) is 0 Å². The molecule has 0 atom stereocenters. The molecule has 9 heteroatoms. The van der Waals surface area contributed by atoms with Crippen LogP contribution in [0.4, 0.5) is 18.9 Å². The van der Waals surface area contributed by atoms with Crippen molar-refractivity contribution in [2.45, 2.75) is 20.9 Å². The number of benzene rings is 4. The standard InChI is InChI=1S/C23H16F3NO3S2/c24-23(25,26)15-10-12-17(13-11-15)32(29,30)27-20-14-21(31-16-6-2-1-3-7-16)22(28)19-9-5-4-8-18(19)20/h1-14,27-28H. The van der Waals surface area contributed by atoms with E-state index in [1.165, 1.54) is 17.8 Å². The highest BCUT2D eigenvalue weighted by molar-refractivity contribution is 7.99. The van der Waals surface area contributed by atoms with Crippen LogP contribution in [0, 0.1) is 0 Å². The maximum Gasteiger partial charge on any atom is 0.416 e. The molecule has 164 valence electrons. The zero-order chi connectivity index (χ0) is 22.9. The van der Waals surface area contributed by atoms with Gasteiger partial charge in [-0.15, -0.1) is 0 Å². The average Bonchev–Trinajstić information content (AvgIpc) is 2.77. The summed E-state index contributed by atoms with van der Waals surface area (Å²) in [4.78, 5) is 0.967. The van der Waals surface area contributed by atoms with Gasteiger partial charge in [-0.1, -0.05) is 54.2 Å². The predicted molar refractivity (Wildman–Crippen MR) is 118 cm³/mol. The summed E-state index contributed by atoms with van der Waals surface area (Å²) in [5.41, 5.74) is -0.732. The van der Waals surface area contributed by atoms with Crippen molar-refractivity contribution in [1.82, 2.24) is 0 Å². The van der Waals surface area contributed by atoms with Crippen molar-refractivity contribution in [3.8, 4) is 5.75 Å². The van der Waals surface area contributed by atoms with Crippen LogP contribution in [0.25, 0.3) is 10.8 Å². The largest absolute Gasteiger partial charge is 0.506 e. The highest BCUT2D eigenvalue weighted by atomic mass is 32.2. The number of anilines is 1. The smallest absolute Gasteiger partial charge is 0.416 e. The monoisotopic (exact) mass is 475 g/mol. The van der Waals surface area contributed by atoms with Gasteiger partial charge in [0, 0.05) is 15.7 Å². The quantitative estimate of drug-likeness (QED) is 0.323. The average molecular weight is 476 g/mol. The van der Waals surface area contributed by atoms with Crippen LogP contribution >= 0.6 is 11.8 Å². The minimum absolute atomic E-state index is 0.00642. The number of rotatable bonds is 5. The maximum absolute atomic E-state index is 12.9. The summed E-state index contributed by atoms with van der Waals surface area (Å²) >= 11 is 1.26. The first-order valence-electron chi connectivity index (χ1n) is 9.33. The van der Waals surface area contributed by atoms with Gasteiger partial charge in [0.2, 0.25) is 0 Å². The first kappa shape index (κ1) is 22.0. The second kappa shape index (κ2) is 8.40. The summed E-state index contributed by atoms with van der Waals surface area (Å²) in [6.45, 7) is 0. The molecular weight excluding hydrogens is 459 g/mol. The Morgan fingerprint density at radius 3 is 2.03 bits per heavy atom. The Morgan fingerprint density at radius 1 is 0.812 bits per heavy atom. The van der Waals surface area contributed by atoms with E-state index in [0.717, 1.165) is 29.2 Å². The Hall–Kier alpha value is -3.17. The van der Waals surface area contributed by atoms with Gasteiger partial charge in [0.1, 0.15) is 5.75 Å². The zero-order valence-corrected chi connectivity index (χ0v) is 17.9. The fourth-order valence-corrected chi connectivity index (χ4v) is 5.14. The summed E-state index contributed by atoms with van der Waals surface area (Å²) in [7, 11) is -4.18. The van der Waals surface area contributed by atoms with Crippen molar-refractivity contribution in [2.75, 3.05) is 4.72 Å². The lowest BCUT2D eigenvalue weighted by molar-refractivity contribution is -0.137. The van der Waals surface area contributed by atoms with Crippen molar-refractivity contribution in [3.63, 3.8) is 0 Å². The first-order chi connectivity index (χ1) is 15.1. The highest BCUT2D eigenvalue weighted by Gasteiger charge is 2.30. The van der Waals surface area contributed by atoms with Gasteiger partial charge >= 0.3 is 6.18 Å². The van der Waals surface area contributed by atoms with Gasteiger partial charge in [-0.3, -0.25) is 4.72 Å². The molecule has 0 amide bonds. The van der Waals surface area contributed by atoms with E-state index >= 15 is 0 Å². The third-order valence-corrected chi connectivity index (χ3v) is 7.11. The van der Waals surface area contributed by atoms with E-state index in [2.05, 4.69) is 4.72 Å². The molecule has 0 bridgehead atoms. The second-order valence-corrected chi connectivity index (χ2v) is 9.66. The molecule has 0 heterocycles. The van der Waals surface area contributed by atoms with Crippen molar-refractivity contribution in [3.05, 3.63) is 90.5 Å². The number of phenols is 1. The van der Waals surface area contributed by atoms with E-state index in [9.17, 15) is 26.7 Å². The topological polar surface area (TPSA) is 66.4 Å². The molecule has 4 rings (SSSR count). The Balaban J connectivity index is 1.75. The van der Waals surface area contributed by atoms with Gasteiger partial charge in [-0.05, 0) is 42.5 Å². The normalized spacial score (nSPS) is 12.1. The van der Waals surface area contributed by atoms with Gasteiger partial charge in [-0.2, -0.15) is 13.2 Å². The molecule has 0 unspecified atom stereocenters. The number of hydrogen-bond acceptors (Lipinski definition) is 4. The van der Waals surface area contributed by atoms with Gasteiger partial charge in [0.15, 0.2) is 0 Å². The number of sulfonamides is 1. The summed E-state index contributed by atoms with van der Waals surface area (Å²) in [6.07, 6.45) is -4.56. The molecule has 0 saturated heterocycles. The van der Waals surface area contributed by atoms with Gasteiger partial charge in [0.25, 0.3) is 10.0 Å². The molecule has 0 aromatic heterocycles. The van der Waals surface area contributed by atoms with Crippen molar-refractivity contribution in [1.29, 1.82) is 0 Å². The van der Waals surface area contributed by atoms with Gasteiger partial charge in [0.05, 0.1) is 21.0 Å². The summed E-state index contributed by atoms with van der Waals surface area (Å²) in [6, 6.07) is 20.7. The number of phenolic OH excluding ortho intramolecular Hbond substituents is 1. The number of fused-ring (bicyclic) bond motifs is 1. The lowest BCUT2D eigenvalue weighted by Gasteiger charge is -2.15. The molecule has 0 radical (unpaired) electrons. The number of nitrogens with one attached hydrogen (secondary N) is 1. The molecule has 0 saturated carbocycles. The number of aromatic hydroxyl groups is 1. The lowest BCUT2D eigenvalue weighted by Crippen LogP contribution is -2.14. The van der Waals surface area contributed by atoms with E-state index in [1.807, 2.05) is 30.3 Å². The number of halogens is 3. The van der Waals surface area contributed by atoms with Crippen LogP contribution < -0.4 is 4.72 Å². The van der Waals surface area contributed by atoms with Crippen molar-refractivity contribution < 1.29 is 26.7 Å². The molecule has 0 fully saturated rings. The molecule has 0 spiro atoms. The fraction of sp³-hybridized carbons (Fsp3) is 0.0435. The lowest BCUT2D eigenvalue weighted by atomic mass is 10.1. The Morgan fingerprint density at radius 2 is 1.41 bits per heavy atom. The number of hydrogen-bond donors (Lipinski definition) is 2. The van der Waals surface area contributed by atoms with E-state index < -0.39 is 21.8 Å². The third-order valence-electron chi connectivity index (χ3n) is 4.69. The molecule has 0 aliphatic carbocycles. The molecular formula is C23H16F3NO3S2. The van der Waals surface area contributed by atoms with Gasteiger partial charge in [-0.25, -0.2) is 8.42 Å². The number of alkyl halides is 3. The molecule has 4 aromatic rings. The van der Waals surface area contributed by atoms with Crippen molar-refractivity contribution >= 4 is 38.2 Å². The SMILES string of the molecule is O=S(=O)(Nc1cc(Sc2ccccc2)c(O)c2ccccc12)c1ccc(C(F)(F)F)cc1. The van der Waals surface area contributed by atoms with E-state index in [1.54, 1.807) is 24.3 Å². The summed E-state index contributed by atoms with van der Waals surface area (Å²) in [5, 5.41) is 11.7. The highest BCUT2D eigenvalue weighted by Crippen LogP contribution is 2.43. The van der Waals surface area contributed by atoms with Crippen LogP contribution in [0.5, 0.6) is 5.75 Å². The minimum Gasteiger partial charge on any atom is -0.506 e. The molecule has 2 N–H and O–H groups in total. The van der Waals surface area contributed by atoms with E-state index in [4.69, 9.17) is 0 Å². The molecule has 32 heavy (non-hydrogen) atoms. The Kier molecular flexibility index (Phi) is 5.79. The Labute approximate surface area is 186 Å². The zero-order valence-electron chi connectivity index (χ0n) is 16.3. The molecule has 0 aliphatic heterocycles. The van der Waals surface area contributed by atoms with E-state index in [-0.39, 0.29) is 16.3 Å². The third kappa shape index (κ3) is 4.53. The predicted octanol–water partition coefficient (Wildman–Crippen LogP) is 6.52. The molecule has 4 nitrogen and oxygen atoms in total. The van der Waals surface area contributed by atoms with Crippen LogP contribution in [-0.2, 0) is 16.2 Å². The van der Waals surface area contributed by atoms with Crippen LogP contribution in [0.15, 0.2) is 99.6 Å². The minimum atomic E-state index is -4.56. The first-order valence-corrected chi connectivity index (χ1v) is 11.6. The van der Waals surface area contributed by atoms with Crippen LogP contribution in [-0.4, -0.2) is 13.5 Å². The molecule has 4 aromatic carbocycles. The summed E-state index contributed by atoms with van der Waals surface area (Å²) < 4.78 is 66.7. The molecule has 0 aliphatic rings.